The van der Waals surface area contributed by atoms with Crippen LogP contribution >= 0.6 is 0 Å². The summed E-state index contributed by atoms with van der Waals surface area (Å²) in [6.45, 7) is 2.82. The molecule has 4 nitrogen and oxygen atoms in total. The Morgan fingerprint density at radius 1 is 1.45 bits per heavy atom. The summed E-state index contributed by atoms with van der Waals surface area (Å²) in [5.41, 5.74) is 0. The second kappa shape index (κ2) is 6.54. The first-order chi connectivity index (χ1) is 5.20. The maximum atomic E-state index is 8.89. The van der Waals surface area contributed by atoms with Crippen LogP contribution in [0, 0.1) is 0 Å². The molecule has 0 heterocycles. The number of ether oxygens (including phenoxy) is 1. The molecule has 68 valence electrons. The Bertz CT molecular complexity index is 79.8. The number of nitrogens with one attached hydrogen (secondary N) is 1. The van der Waals surface area contributed by atoms with E-state index in [-0.39, 0.29) is 12.7 Å². The Kier molecular flexibility index (Phi) is 6.45. The van der Waals surface area contributed by atoms with Gasteiger partial charge in [0.2, 0.25) is 0 Å². The molecular formula is C7H17NO3. The van der Waals surface area contributed by atoms with E-state index in [4.69, 9.17) is 14.9 Å². The average molecular weight is 163 g/mol. The predicted molar refractivity (Wildman–Crippen MR) is 42.4 cm³/mol. The van der Waals surface area contributed by atoms with Crippen LogP contribution in [-0.4, -0.2) is 49.2 Å². The van der Waals surface area contributed by atoms with Crippen molar-refractivity contribution in [2.75, 3.05) is 26.8 Å². The predicted octanol–water partition coefficient (Wildman–Crippen LogP) is -1.04. The van der Waals surface area contributed by atoms with Gasteiger partial charge in [0.05, 0.1) is 18.8 Å². The molecule has 3 N–H and O–H groups in total. The zero-order valence-corrected chi connectivity index (χ0v) is 7.08. The quantitative estimate of drug-likeness (QED) is 0.468. The summed E-state index contributed by atoms with van der Waals surface area (Å²) in [4.78, 5) is 0. The number of methoxy groups -OCH3 is 1. The van der Waals surface area contributed by atoms with E-state index in [9.17, 15) is 0 Å². The molecule has 0 aromatic heterocycles. The summed E-state index contributed by atoms with van der Waals surface area (Å²) in [7, 11) is 1.63. The van der Waals surface area contributed by atoms with Crippen molar-refractivity contribution in [3.8, 4) is 0 Å². The van der Waals surface area contributed by atoms with Crippen molar-refractivity contribution in [3.05, 3.63) is 0 Å². The third-order valence-electron chi connectivity index (χ3n) is 1.42. The van der Waals surface area contributed by atoms with Crippen molar-refractivity contribution in [2.24, 2.45) is 0 Å². The lowest BCUT2D eigenvalue weighted by Crippen LogP contribution is -2.34. The van der Waals surface area contributed by atoms with Crippen LogP contribution < -0.4 is 5.32 Å². The van der Waals surface area contributed by atoms with Gasteiger partial charge in [0.25, 0.3) is 0 Å². The van der Waals surface area contributed by atoms with E-state index in [1.165, 1.54) is 0 Å². The number of aliphatic hydroxyl groups excluding tert-OH is 2. The summed E-state index contributed by atoms with van der Waals surface area (Å²) in [5, 5.41) is 20.3. The Balaban J connectivity index is 3.13. The van der Waals surface area contributed by atoms with E-state index in [2.05, 4.69) is 5.32 Å². The van der Waals surface area contributed by atoms with Gasteiger partial charge < -0.3 is 20.3 Å². The van der Waals surface area contributed by atoms with Crippen molar-refractivity contribution < 1.29 is 14.9 Å². The summed E-state index contributed by atoms with van der Waals surface area (Å²) in [5.74, 6) is 0. The molecule has 0 saturated heterocycles. The Hall–Kier alpha value is -0.160. The van der Waals surface area contributed by atoms with Gasteiger partial charge in [0.1, 0.15) is 0 Å². The lowest BCUT2D eigenvalue weighted by molar-refractivity contribution is 0.0828. The molecule has 0 amide bonds. The first kappa shape index (κ1) is 10.8. The second-order valence-electron chi connectivity index (χ2n) is 2.54. The molecule has 0 aliphatic heterocycles. The molecule has 0 fully saturated rings. The van der Waals surface area contributed by atoms with E-state index in [1.807, 2.05) is 6.92 Å². The summed E-state index contributed by atoms with van der Waals surface area (Å²) in [6, 6.07) is 0. The van der Waals surface area contributed by atoms with E-state index < -0.39 is 6.10 Å². The van der Waals surface area contributed by atoms with Crippen LogP contribution in [0.3, 0.4) is 0 Å². The van der Waals surface area contributed by atoms with Crippen LogP contribution in [0.15, 0.2) is 0 Å². The molecule has 0 rings (SSSR count). The highest BCUT2D eigenvalue weighted by atomic mass is 16.5. The van der Waals surface area contributed by atoms with Crippen LogP contribution in [0.25, 0.3) is 0 Å². The molecule has 2 unspecified atom stereocenters. The molecule has 0 radical (unpaired) electrons. The zero-order valence-electron chi connectivity index (χ0n) is 7.08. The smallest absolute Gasteiger partial charge is 0.0894 e. The SMILES string of the molecule is COC(C)CNCC(O)CO. The number of rotatable bonds is 6. The largest absolute Gasteiger partial charge is 0.394 e. The van der Waals surface area contributed by atoms with Crippen molar-refractivity contribution in [1.82, 2.24) is 5.32 Å². The average Bonchev–Trinajstić information content (AvgIpc) is 2.04. The van der Waals surface area contributed by atoms with Crippen LogP contribution in [-0.2, 0) is 4.74 Å². The molecule has 2 atom stereocenters. The highest BCUT2D eigenvalue weighted by Crippen LogP contribution is 1.84. The number of hydrogen-bond acceptors (Lipinski definition) is 4. The van der Waals surface area contributed by atoms with Gasteiger partial charge in [-0.05, 0) is 6.92 Å². The topological polar surface area (TPSA) is 61.7 Å². The van der Waals surface area contributed by atoms with Crippen LogP contribution in [0.5, 0.6) is 0 Å². The summed E-state index contributed by atoms with van der Waals surface area (Å²) < 4.78 is 4.96. The first-order valence-corrected chi connectivity index (χ1v) is 3.73. The monoisotopic (exact) mass is 163 g/mol. The third-order valence-corrected chi connectivity index (χ3v) is 1.42. The Morgan fingerprint density at radius 2 is 2.09 bits per heavy atom. The molecule has 0 aliphatic carbocycles. The first-order valence-electron chi connectivity index (χ1n) is 3.73. The van der Waals surface area contributed by atoms with Gasteiger partial charge in [-0.2, -0.15) is 0 Å². The van der Waals surface area contributed by atoms with E-state index in [0.717, 1.165) is 0 Å². The summed E-state index contributed by atoms with van der Waals surface area (Å²) >= 11 is 0. The fourth-order valence-electron chi connectivity index (χ4n) is 0.601. The van der Waals surface area contributed by atoms with Crippen molar-refractivity contribution in [2.45, 2.75) is 19.1 Å². The van der Waals surface area contributed by atoms with E-state index in [0.29, 0.717) is 13.1 Å². The Labute approximate surface area is 67.2 Å². The van der Waals surface area contributed by atoms with Crippen molar-refractivity contribution in [3.63, 3.8) is 0 Å². The fraction of sp³-hybridized carbons (Fsp3) is 1.00. The van der Waals surface area contributed by atoms with Gasteiger partial charge in [-0.15, -0.1) is 0 Å². The molecular weight excluding hydrogens is 146 g/mol. The van der Waals surface area contributed by atoms with Gasteiger partial charge in [-0.25, -0.2) is 0 Å². The minimum Gasteiger partial charge on any atom is -0.394 e. The van der Waals surface area contributed by atoms with Gasteiger partial charge in [-0.1, -0.05) is 0 Å². The van der Waals surface area contributed by atoms with E-state index >= 15 is 0 Å². The third kappa shape index (κ3) is 6.25. The molecule has 0 bridgehead atoms. The van der Waals surface area contributed by atoms with Crippen LogP contribution in [0.1, 0.15) is 6.92 Å². The molecule has 11 heavy (non-hydrogen) atoms. The van der Waals surface area contributed by atoms with Gasteiger partial charge in [0.15, 0.2) is 0 Å². The highest BCUT2D eigenvalue weighted by molar-refractivity contribution is 4.59. The second-order valence-corrected chi connectivity index (χ2v) is 2.54. The number of aliphatic hydroxyl groups is 2. The lowest BCUT2D eigenvalue weighted by Gasteiger charge is -2.12. The highest BCUT2D eigenvalue weighted by Gasteiger charge is 2.02. The fourth-order valence-corrected chi connectivity index (χ4v) is 0.601. The maximum absolute atomic E-state index is 8.89. The minimum atomic E-state index is -0.668. The standard InChI is InChI=1S/C7H17NO3/c1-6(11-2)3-8-4-7(10)5-9/h6-10H,3-5H2,1-2H3. The molecule has 0 aliphatic rings. The molecule has 0 aromatic rings. The van der Waals surface area contributed by atoms with Crippen LogP contribution in [0.4, 0.5) is 0 Å². The molecule has 4 heteroatoms. The van der Waals surface area contributed by atoms with Gasteiger partial charge in [0, 0.05) is 20.2 Å². The van der Waals surface area contributed by atoms with Crippen molar-refractivity contribution >= 4 is 0 Å². The van der Waals surface area contributed by atoms with Gasteiger partial charge >= 0.3 is 0 Å². The van der Waals surface area contributed by atoms with Crippen LogP contribution in [0.2, 0.25) is 0 Å². The zero-order chi connectivity index (χ0) is 8.69. The molecule has 0 saturated carbocycles. The minimum absolute atomic E-state index is 0.140. The lowest BCUT2D eigenvalue weighted by atomic mass is 10.3. The maximum Gasteiger partial charge on any atom is 0.0894 e. The molecule has 0 spiro atoms. The van der Waals surface area contributed by atoms with E-state index in [1.54, 1.807) is 7.11 Å². The normalized spacial score (nSPS) is 16.4. The number of hydrogen-bond donors (Lipinski definition) is 3. The Morgan fingerprint density at radius 3 is 2.55 bits per heavy atom. The van der Waals surface area contributed by atoms with Gasteiger partial charge in [-0.3, -0.25) is 0 Å². The summed E-state index contributed by atoms with van der Waals surface area (Å²) in [6.07, 6.45) is -0.528. The molecule has 0 aromatic carbocycles. The van der Waals surface area contributed by atoms with Crippen molar-refractivity contribution in [1.29, 1.82) is 0 Å².